The molecule has 0 aliphatic carbocycles. The highest BCUT2D eigenvalue weighted by Crippen LogP contribution is 2.39. The van der Waals surface area contributed by atoms with Gasteiger partial charge in [-0.05, 0) is 86.6 Å². The van der Waals surface area contributed by atoms with Crippen molar-refractivity contribution in [3.63, 3.8) is 0 Å². The fourth-order valence-electron chi connectivity index (χ4n) is 8.44. The molecule has 59 heavy (non-hydrogen) atoms. The second kappa shape index (κ2) is 14.5. The Balaban J connectivity index is 0.971. The first kappa shape index (κ1) is 34.3. The van der Waals surface area contributed by atoms with E-state index < -0.39 is 0 Å². The van der Waals surface area contributed by atoms with Crippen molar-refractivity contribution in [3.05, 3.63) is 219 Å². The smallest absolute Gasteiger partial charge is 0.160 e. The van der Waals surface area contributed by atoms with Crippen LogP contribution in [0.15, 0.2) is 219 Å². The first-order valence-electron chi connectivity index (χ1n) is 19.9. The summed E-state index contributed by atoms with van der Waals surface area (Å²) in [6.45, 7) is 0. The van der Waals surface area contributed by atoms with Crippen LogP contribution in [0.1, 0.15) is 0 Å². The third kappa shape index (κ3) is 6.24. The predicted octanol–water partition coefficient (Wildman–Crippen LogP) is 14.1. The van der Waals surface area contributed by atoms with Crippen molar-refractivity contribution < 1.29 is 0 Å². The minimum absolute atomic E-state index is 0.695. The van der Waals surface area contributed by atoms with E-state index in [4.69, 9.17) is 9.97 Å². The Morgan fingerprint density at radius 3 is 1.63 bits per heavy atom. The summed E-state index contributed by atoms with van der Waals surface area (Å²) < 4.78 is 2.36. The molecule has 0 spiro atoms. The lowest BCUT2D eigenvalue weighted by atomic mass is 9.92. The molecule has 0 saturated carbocycles. The van der Waals surface area contributed by atoms with E-state index in [0.717, 1.165) is 50.3 Å². The lowest BCUT2D eigenvalue weighted by Gasteiger charge is -2.14. The average Bonchev–Trinajstić information content (AvgIpc) is 3.66. The van der Waals surface area contributed by atoms with Gasteiger partial charge in [-0.15, -0.1) is 0 Å². The summed E-state index contributed by atoms with van der Waals surface area (Å²) in [6, 6.07) is 73.2. The van der Waals surface area contributed by atoms with Crippen LogP contribution in [-0.2, 0) is 0 Å². The lowest BCUT2D eigenvalue weighted by Crippen LogP contribution is -1.97. The van der Waals surface area contributed by atoms with Gasteiger partial charge in [-0.1, -0.05) is 164 Å². The molecule has 0 bridgehead atoms. The Morgan fingerprint density at radius 1 is 0.322 bits per heavy atom. The summed E-state index contributed by atoms with van der Waals surface area (Å²) in [4.78, 5) is 14.6. The number of hydrogen-bond donors (Lipinski definition) is 0. The number of hydrogen-bond acceptors (Lipinski definition) is 3. The molecule has 3 heterocycles. The minimum Gasteiger partial charge on any atom is -0.309 e. The molecule has 4 heteroatoms. The van der Waals surface area contributed by atoms with Gasteiger partial charge in [0.1, 0.15) is 0 Å². The van der Waals surface area contributed by atoms with Crippen molar-refractivity contribution >= 4 is 32.6 Å². The molecule has 11 aromatic rings. The fourth-order valence-corrected chi connectivity index (χ4v) is 8.44. The molecule has 4 nitrogen and oxygen atoms in total. The van der Waals surface area contributed by atoms with Crippen LogP contribution in [0.25, 0.3) is 106 Å². The maximum atomic E-state index is 5.20. The molecule has 8 aromatic carbocycles. The maximum absolute atomic E-state index is 5.20. The topological polar surface area (TPSA) is 43.6 Å². The van der Waals surface area contributed by atoms with Crippen molar-refractivity contribution in [3.8, 4) is 73.0 Å². The van der Waals surface area contributed by atoms with E-state index >= 15 is 0 Å². The molecular weight excluding hydrogens is 717 g/mol. The summed E-state index contributed by atoms with van der Waals surface area (Å²) in [5.41, 5.74) is 15.3. The van der Waals surface area contributed by atoms with Crippen molar-refractivity contribution in [1.29, 1.82) is 0 Å². The predicted molar refractivity (Wildman–Crippen MR) is 244 cm³/mol. The van der Waals surface area contributed by atoms with Gasteiger partial charge in [0.05, 0.1) is 22.4 Å². The van der Waals surface area contributed by atoms with Gasteiger partial charge < -0.3 is 4.57 Å². The SMILES string of the molecule is c1ccc(-c2nc(-c3ccc(-c4cccnc4)cc3)cc(-c3ccc(-c4ccc(-c5ccc6c(c5)c5ccccc5n6-c5ccccc5)cc4)c4ccccc34)n2)cc1. The first-order valence-corrected chi connectivity index (χ1v) is 19.9. The summed E-state index contributed by atoms with van der Waals surface area (Å²) in [5, 5.41) is 4.82. The van der Waals surface area contributed by atoms with Crippen LogP contribution in [-0.4, -0.2) is 19.5 Å². The molecule has 0 aliphatic heterocycles. The number of pyridine rings is 1. The second-order valence-corrected chi connectivity index (χ2v) is 14.9. The van der Waals surface area contributed by atoms with Crippen molar-refractivity contribution in [1.82, 2.24) is 19.5 Å². The van der Waals surface area contributed by atoms with Gasteiger partial charge in [-0.3, -0.25) is 4.98 Å². The zero-order chi connectivity index (χ0) is 39.1. The summed E-state index contributed by atoms with van der Waals surface area (Å²) in [7, 11) is 0. The van der Waals surface area contributed by atoms with Gasteiger partial charge in [0.15, 0.2) is 5.82 Å². The molecular formula is C55H36N4. The van der Waals surface area contributed by atoms with Crippen LogP contribution < -0.4 is 0 Å². The fraction of sp³-hybridized carbons (Fsp3) is 0. The molecule has 0 N–H and O–H groups in total. The molecule has 0 saturated heterocycles. The molecule has 0 aliphatic rings. The van der Waals surface area contributed by atoms with Crippen LogP contribution >= 0.6 is 0 Å². The quantitative estimate of drug-likeness (QED) is 0.163. The number of aromatic nitrogens is 4. The molecule has 276 valence electrons. The molecule has 0 amide bonds. The van der Waals surface area contributed by atoms with Crippen LogP contribution in [0.3, 0.4) is 0 Å². The van der Waals surface area contributed by atoms with Crippen LogP contribution in [0.5, 0.6) is 0 Å². The van der Waals surface area contributed by atoms with E-state index in [-0.39, 0.29) is 0 Å². The third-order valence-electron chi connectivity index (χ3n) is 11.3. The highest BCUT2D eigenvalue weighted by Gasteiger charge is 2.16. The van der Waals surface area contributed by atoms with E-state index in [0.29, 0.717) is 5.82 Å². The highest BCUT2D eigenvalue weighted by molar-refractivity contribution is 6.10. The second-order valence-electron chi connectivity index (χ2n) is 14.9. The van der Waals surface area contributed by atoms with Gasteiger partial charge in [-0.2, -0.15) is 0 Å². The monoisotopic (exact) mass is 752 g/mol. The average molecular weight is 753 g/mol. The largest absolute Gasteiger partial charge is 0.309 e. The zero-order valence-corrected chi connectivity index (χ0v) is 32.1. The van der Waals surface area contributed by atoms with Crippen molar-refractivity contribution in [2.24, 2.45) is 0 Å². The third-order valence-corrected chi connectivity index (χ3v) is 11.3. The summed E-state index contributed by atoms with van der Waals surface area (Å²) in [6.07, 6.45) is 3.69. The molecule has 11 rings (SSSR count). The van der Waals surface area contributed by atoms with Gasteiger partial charge in [-0.25, -0.2) is 9.97 Å². The number of benzene rings is 8. The van der Waals surface area contributed by atoms with E-state index in [2.05, 4.69) is 192 Å². The Bertz CT molecular complexity index is 3280. The maximum Gasteiger partial charge on any atom is 0.160 e. The number of para-hydroxylation sites is 2. The zero-order valence-electron chi connectivity index (χ0n) is 32.1. The van der Waals surface area contributed by atoms with E-state index in [1.807, 2.05) is 30.5 Å². The lowest BCUT2D eigenvalue weighted by molar-refractivity contribution is 1.18. The van der Waals surface area contributed by atoms with Crippen molar-refractivity contribution in [2.45, 2.75) is 0 Å². The Kier molecular flexibility index (Phi) is 8.45. The number of rotatable bonds is 7. The summed E-state index contributed by atoms with van der Waals surface area (Å²) in [5.74, 6) is 0.695. The van der Waals surface area contributed by atoms with Crippen LogP contribution in [0, 0.1) is 0 Å². The van der Waals surface area contributed by atoms with E-state index in [1.54, 1.807) is 6.20 Å². The van der Waals surface area contributed by atoms with Crippen LogP contribution in [0.4, 0.5) is 0 Å². The molecule has 3 aromatic heterocycles. The molecule has 0 radical (unpaired) electrons. The molecule has 0 fully saturated rings. The standard InChI is InChI=1S/C55H36N4/c1-3-12-41(13-4-1)55-57-51(40-27-23-38(24-28-40)43-14-11-33-56-36-43)35-52(58-55)48-31-30-45(46-17-7-8-18-47(46)48)39-25-21-37(22-26-39)42-29-32-54-50(34-42)49-19-9-10-20-53(49)59(54)44-15-5-2-6-16-44/h1-36H. The Hall–Kier alpha value is -7.95. The molecule has 0 unspecified atom stereocenters. The van der Waals surface area contributed by atoms with Crippen molar-refractivity contribution in [2.75, 3.05) is 0 Å². The number of nitrogens with zero attached hydrogens (tertiary/aromatic N) is 4. The van der Waals surface area contributed by atoms with E-state index in [1.165, 1.54) is 49.4 Å². The number of fused-ring (bicyclic) bond motifs is 4. The van der Waals surface area contributed by atoms with Gasteiger partial charge in [0.2, 0.25) is 0 Å². The summed E-state index contributed by atoms with van der Waals surface area (Å²) >= 11 is 0. The van der Waals surface area contributed by atoms with Gasteiger partial charge in [0, 0.05) is 45.5 Å². The first-order chi connectivity index (χ1) is 29.2. The Labute approximate surface area is 342 Å². The van der Waals surface area contributed by atoms with Gasteiger partial charge >= 0.3 is 0 Å². The van der Waals surface area contributed by atoms with Gasteiger partial charge in [0.25, 0.3) is 0 Å². The highest BCUT2D eigenvalue weighted by atomic mass is 15.0. The normalized spacial score (nSPS) is 11.4. The van der Waals surface area contributed by atoms with E-state index in [9.17, 15) is 0 Å². The van der Waals surface area contributed by atoms with Crippen LogP contribution in [0.2, 0.25) is 0 Å². The molecule has 0 atom stereocenters. The Morgan fingerprint density at radius 2 is 0.881 bits per heavy atom. The minimum atomic E-state index is 0.695.